The number of aromatic hydroxyl groups is 1. The lowest BCUT2D eigenvalue weighted by Gasteiger charge is -2.25. The Morgan fingerprint density at radius 1 is 0.925 bits per heavy atom. The number of Topliss-reactive ketones (excluding diaryl/α,β-unsaturated/α-hetero) is 1. The molecular weight excluding hydrogens is 506 g/mol. The second-order valence-corrected chi connectivity index (χ2v) is 10.7. The summed E-state index contributed by atoms with van der Waals surface area (Å²) in [7, 11) is 0. The highest BCUT2D eigenvalue weighted by molar-refractivity contribution is 6.46. The molecule has 0 radical (unpaired) electrons. The zero-order chi connectivity index (χ0) is 29.0. The van der Waals surface area contributed by atoms with Gasteiger partial charge in [0.1, 0.15) is 23.0 Å². The van der Waals surface area contributed by atoms with Crippen molar-refractivity contribution in [2.24, 2.45) is 5.92 Å². The summed E-state index contributed by atoms with van der Waals surface area (Å²) in [5.41, 5.74) is 2.74. The van der Waals surface area contributed by atoms with Gasteiger partial charge in [-0.3, -0.25) is 9.59 Å². The van der Waals surface area contributed by atoms with Crippen molar-refractivity contribution in [3.8, 4) is 17.2 Å². The van der Waals surface area contributed by atoms with Crippen molar-refractivity contribution in [3.05, 3.63) is 94.6 Å². The van der Waals surface area contributed by atoms with E-state index < -0.39 is 17.7 Å². The molecule has 3 aromatic carbocycles. The highest BCUT2D eigenvalue weighted by Crippen LogP contribution is 2.41. The number of aliphatic hydroxyl groups excluding tert-OH is 1. The maximum Gasteiger partial charge on any atom is 0.295 e. The van der Waals surface area contributed by atoms with Crippen LogP contribution in [0.5, 0.6) is 17.2 Å². The first kappa shape index (κ1) is 28.7. The van der Waals surface area contributed by atoms with Gasteiger partial charge in [-0.15, -0.1) is 0 Å². The Morgan fingerprint density at radius 3 is 2.20 bits per heavy atom. The van der Waals surface area contributed by atoms with Gasteiger partial charge in [0.15, 0.2) is 0 Å². The number of benzene rings is 3. The lowest BCUT2D eigenvalue weighted by molar-refractivity contribution is -0.140. The number of nitrogens with zero attached hydrogens (tertiary/aromatic N) is 1. The van der Waals surface area contributed by atoms with E-state index in [0.717, 1.165) is 16.9 Å². The molecular formula is C33H37NO6. The molecule has 1 atom stereocenters. The molecule has 1 aliphatic rings. The van der Waals surface area contributed by atoms with Crippen LogP contribution in [0.25, 0.3) is 5.76 Å². The molecule has 40 heavy (non-hydrogen) atoms. The van der Waals surface area contributed by atoms with Gasteiger partial charge in [-0.25, -0.2) is 0 Å². The van der Waals surface area contributed by atoms with Crippen LogP contribution in [0.2, 0.25) is 0 Å². The predicted octanol–water partition coefficient (Wildman–Crippen LogP) is 6.57. The number of ether oxygens (including phenoxy) is 2. The van der Waals surface area contributed by atoms with Crippen molar-refractivity contribution < 1.29 is 29.3 Å². The molecule has 7 nitrogen and oxygen atoms in total. The quantitative estimate of drug-likeness (QED) is 0.171. The molecule has 0 aromatic heterocycles. The van der Waals surface area contributed by atoms with E-state index in [0.29, 0.717) is 36.0 Å². The van der Waals surface area contributed by atoms with Crippen LogP contribution in [-0.4, -0.2) is 40.0 Å². The molecule has 1 amide bonds. The lowest BCUT2D eigenvalue weighted by Crippen LogP contribution is -2.29. The zero-order valence-electron chi connectivity index (χ0n) is 23.7. The number of carbonyl (C=O) groups excluding carboxylic acids is 2. The van der Waals surface area contributed by atoms with E-state index in [9.17, 15) is 19.8 Å². The Morgan fingerprint density at radius 2 is 1.60 bits per heavy atom. The minimum absolute atomic E-state index is 0.00597. The molecule has 4 rings (SSSR count). The van der Waals surface area contributed by atoms with Gasteiger partial charge in [0.2, 0.25) is 0 Å². The van der Waals surface area contributed by atoms with Crippen LogP contribution in [0.3, 0.4) is 0 Å². The summed E-state index contributed by atoms with van der Waals surface area (Å²) in [5, 5.41) is 21.4. The second-order valence-electron chi connectivity index (χ2n) is 10.7. The maximum absolute atomic E-state index is 13.5. The van der Waals surface area contributed by atoms with Gasteiger partial charge in [-0.05, 0) is 77.9 Å². The Kier molecular flexibility index (Phi) is 8.83. The zero-order valence-corrected chi connectivity index (χ0v) is 23.7. The van der Waals surface area contributed by atoms with E-state index in [-0.39, 0.29) is 29.5 Å². The fraction of sp³-hybridized carbons (Fsp3) is 0.333. The largest absolute Gasteiger partial charge is 0.508 e. The van der Waals surface area contributed by atoms with E-state index in [4.69, 9.17) is 9.47 Å². The number of ketones is 1. The summed E-state index contributed by atoms with van der Waals surface area (Å²) in [6.45, 7) is 11.4. The van der Waals surface area contributed by atoms with Gasteiger partial charge < -0.3 is 24.6 Å². The van der Waals surface area contributed by atoms with Crippen molar-refractivity contribution in [1.82, 2.24) is 4.90 Å². The molecule has 1 fully saturated rings. The summed E-state index contributed by atoms with van der Waals surface area (Å²) < 4.78 is 11.5. The third kappa shape index (κ3) is 6.14. The maximum atomic E-state index is 13.5. The second kappa shape index (κ2) is 12.3. The summed E-state index contributed by atoms with van der Waals surface area (Å²) in [6, 6.07) is 18.2. The molecule has 0 spiro atoms. The molecule has 0 saturated carbocycles. The standard InChI is InChI=1S/C33H37NO6/c1-6-39-28-16-11-24(17-27(28)21(4)5)31(36)29-30(23-9-12-25(35)13-10-23)34(33(38)32(29)37)18-22-7-14-26(15-8-22)40-19-20(2)3/h7-17,20-21,30,35-36H,6,18-19H2,1-5H3/b31-29-. The van der Waals surface area contributed by atoms with Gasteiger partial charge in [0.25, 0.3) is 11.7 Å². The summed E-state index contributed by atoms with van der Waals surface area (Å²) in [6.07, 6.45) is 0. The minimum atomic E-state index is -0.841. The van der Waals surface area contributed by atoms with Gasteiger partial charge in [-0.1, -0.05) is 52.0 Å². The molecule has 3 aromatic rings. The number of aliphatic hydroxyl groups is 1. The summed E-state index contributed by atoms with van der Waals surface area (Å²) in [5.74, 6) is 0.298. The van der Waals surface area contributed by atoms with Crippen molar-refractivity contribution in [2.75, 3.05) is 13.2 Å². The number of likely N-dealkylation sites (tertiary alicyclic amines) is 1. The molecule has 1 unspecified atom stereocenters. The number of rotatable bonds is 10. The Bertz CT molecular complexity index is 1390. The van der Waals surface area contributed by atoms with E-state index in [1.165, 1.54) is 17.0 Å². The van der Waals surface area contributed by atoms with Crippen LogP contribution in [0.15, 0.2) is 72.3 Å². The molecule has 0 aliphatic carbocycles. The first-order valence-corrected chi connectivity index (χ1v) is 13.7. The van der Waals surface area contributed by atoms with Crippen LogP contribution in [0.4, 0.5) is 0 Å². The topological polar surface area (TPSA) is 96.3 Å². The summed E-state index contributed by atoms with van der Waals surface area (Å²) in [4.78, 5) is 28.3. The van der Waals surface area contributed by atoms with Crippen LogP contribution < -0.4 is 9.47 Å². The SMILES string of the molecule is CCOc1ccc(/C(O)=C2/C(=O)C(=O)N(Cc3ccc(OCC(C)C)cc3)C2c2ccc(O)cc2)cc1C(C)C. The van der Waals surface area contributed by atoms with Crippen molar-refractivity contribution in [3.63, 3.8) is 0 Å². The van der Waals surface area contributed by atoms with E-state index in [1.54, 1.807) is 24.3 Å². The first-order chi connectivity index (χ1) is 19.1. The number of hydrogen-bond donors (Lipinski definition) is 2. The Labute approximate surface area is 235 Å². The summed E-state index contributed by atoms with van der Waals surface area (Å²) >= 11 is 0. The third-order valence-corrected chi connectivity index (χ3v) is 6.81. The third-order valence-electron chi connectivity index (χ3n) is 6.81. The van der Waals surface area contributed by atoms with E-state index in [2.05, 4.69) is 13.8 Å². The monoisotopic (exact) mass is 543 g/mol. The highest BCUT2D eigenvalue weighted by atomic mass is 16.5. The fourth-order valence-electron chi connectivity index (χ4n) is 4.79. The molecule has 1 aliphatic heterocycles. The smallest absolute Gasteiger partial charge is 0.295 e. The fourth-order valence-corrected chi connectivity index (χ4v) is 4.79. The van der Waals surface area contributed by atoms with Gasteiger partial charge in [0, 0.05) is 12.1 Å². The van der Waals surface area contributed by atoms with Gasteiger partial charge in [-0.2, -0.15) is 0 Å². The molecule has 7 heteroatoms. The lowest BCUT2D eigenvalue weighted by atomic mass is 9.93. The van der Waals surface area contributed by atoms with Crippen LogP contribution in [0.1, 0.15) is 68.8 Å². The molecule has 1 heterocycles. The van der Waals surface area contributed by atoms with Crippen LogP contribution in [-0.2, 0) is 16.1 Å². The molecule has 1 saturated heterocycles. The first-order valence-electron chi connectivity index (χ1n) is 13.7. The highest BCUT2D eigenvalue weighted by Gasteiger charge is 2.46. The molecule has 2 N–H and O–H groups in total. The average Bonchev–Trinajstić information content (AvgIpc) is 3.18. The van der Waals surface area contributed by atoms with Gasteiger partial charge in [0.05, 0.1) is 24.8 Å². The predicted molar refractivity (Wildman–Crippen MR) is 154 cm³/mol. The normalized spacial score (nSPS) is 16.7. The van der Waals surface area contributed by atoms with E-state index in [1.807, 2.05) is 51.1 Å². The van der Waals surface area contributed by atoms with Crippen molar-refractivity contribution in [2.45, 2.75) is 53.1 Å². The van der Waals surface area contributed by atoms with E-state index >= 15 is 0 Å². The van der Waals surface area contributed by atoms with Crippen LogP contribution in [0, 0.1) is 5.92 Å². The number of amides is 1. The Balaban J connectivity index is 1.76. The van der Waals surface area contributed by atoms with Crippen molar-refractivity contribution in [1.29, 1.82) is 0 Å². The number of phenols is 1. The Hall–Kier alpha value is -4.26. The van der Waals surface area contributed by atoms with Crippen molar-refractivity contribution >= 4 is 17.4 Å². The number of hydrogen-bond acceptors (Lipinski definition) is 6. The van der Waals surface area contributed by atoms with Gasteiger partial charge >= 0.3 is 0 Å². The molecule has 210 valence electrons. The average molecular weight is 544 g/mol. The minimum Gasteiger partial charge on any atom is -0.508 e. The van der Waals surface area contributed by atoms with Crippen LogP contribution >= 0.6 is 0 Å². The number of carbonyl (C=O) groups is 2. The number of phenolic OH excluding ortho intramolecular Hbond substituents is 1. The molecule has 0 bridgehead atoms.